The molecule has 1 N–H and O–H groups in total. The number of hydrogen-bond donors (Lipinski definition) is 1. The van der Waals surface area contributed by atoms with E-state index < -0.39 is 0 Å². The van der Waals surface area contributed by atoms with Gasteiger partial charge in [-0.15, -0.1) is 0 Å². The Hall–Kier alpha value is -1.86. The minimum absolute atomic E-state index is 0.132. The molecule has 1 aromatic carbocycles. The van der Waals surface area contributed by atoms with Gasteiger partial charge in [-0.1, -0.05) is 12.1 Å². The maximum Gasteiger partial charge on any atom is 0.222 e. The van der Waals surface area contributed by atoms with Crippen LogP contribution >= 0.6 is 0 Å². The van der Waals surface area contributed by atoms with Gasteiger partial charge < -0.3 is 10.2 Å². The molecule has 1 rings (SSSR count). The first-order valence-electron chi connectivity index (χ1n) is 6.05. The number of nitrogens with zero attached hydrogens (tertiary/aromatic N) is 2. The van der Waals surface area contributed by atoms with Gasteiger partial charge in [0.25, 0.3) is 0 Å². The highest BCUT2D eigenvalue weighted by molar-refractivity contribution is 5.75. The molecule has 0 saturated carbocycles. The van der Waals surface area contributed by atoms with Gasteiger partial charge in [0.1, 0.15) is 0 Å². The van der Waals surface area contributed by atoms with Gasteiger partial charge in [-0.3, -0.25) is 4.79 Å². The zero-order chi connectivity index (χ0) is 13.4. The largest absolute Gasteiger partial charge is 0.341 e. The number of amides is 1. The van der Waals surface area contributed by atoms with Crippen molar-refractivity contribution >= 4 is 5.91 Å². The second-order valence-electron chi connectivity index (χ2n) is 4.27. The van der Waals surface area contributed by atoms with Gasteiger partial charge in [-0.05, 0) is 37.7 Å². The third-order valence-electron chi connectivity index (χ3n) is 2.72. The molecule has 18 heavy (non-hydrogen) atoms. The number of carbonyl (C=O) groups excluding carboxylic acids is 1. The van der Waals surface area contributed by atoms with Crippen molar-refractivity contribution in [3.63, 3.8) is 0 Å². The van der Waals surface area contributed by atoms with Crippen molar-refractivity contribution in [2.24, 2.45) is 0 Å². The average molecular weight is 245 g/mol. The van der Waals surface area contributed by atoms with Crippen molar-refractivity contribution in [2.75, 3.05) is 20.6 Å². The maximum atomic E-state index is 11.8. The second kappa shape index (κ2) is 7.46. The molecule has 0 aliphatic heterocycles. The summed E-state index contributed by atoms with van der Waals surface area (Å²) in [5.74, 6) is 0.132. The van der Waals surface area contributed by atoms with Crippen molar-refractivity contribution in [1.29, 1.82) is 5.26 Å². The Bertz CT molecular complexity index is 437. The summed E-state index contributed by atoms with van der Waals surface area (Å²) in [5.41, 5.74) is 1.61. The number of hydrogen-bond acceptors (Lipinski definition) is 3. The van der Waals surface area contributed by atoms with E-state index in [1.807, 2.05) is 25.2 Å². The Morgan fingerprint density at radius 3 is 2.94 bits per heavy atom. The summed E-state index contributed by atoms with van der Waals surface area (Å²) in [6, 6.07) is 9.45. The molecule has 0 spiro atoms. The number of carbonyl (C=O) groups is 1. The monoisotopic (exact) mass is 245 g/mol. The fourth-order valence-corrected chi connectivity index (χ4v) is 1.71. The zero-order valence-electron chi connectivity index (χ0n) is 10.9. The van der Waals surface area contributed by atoms with E-state index in [0.717, 1.165) is 18.5 Å². The zero-order valence-corrected chi connectivity index (χ0v) is 10.9. The summed E-state index contributed by atoms with van der Waals surface area (Å²) < 4.78 is 0. The Balaban J connectivity index is 2.50. The summed E-state index contributed by atoms with van der Waals surface area (Å²) in [5, 5.41) is 11.8. The maximum absolute atomic E-state index is 11.8. The van der Waals surface area contributed by atoms with E-state index in [4.69, 9.17) is 5.26 Å². The van der Waals surface area contributed by atoms with Crippen LogP contribution in [0.1, 0.15) is 24.0 Å². The third-order valence-corrected chi connectivity index (χ3v) is 2.72. The third kappa shape index (κ3) is 4.56. The normalized spacial score (nSPS) is 9.83. The highest BCUT2D eigenvalue weighted by Gasteiger charge is 2.08. The molecule has 0 aromatic heterocycles. The molecule has 1 amide bonds. The lowest BCUT2D eigenvalue weighted by Gasteiger charge is -2.17. The molecular weight excluding hydrogens is 226 g/mol. The quantitative estimate of drug-likeness (QED) is 0.773. The molecule has 0 heterocycles. The molecule has 0 fully saturated rings. The van der Waals surface area contributed by atoms with Crippen molar-refractivity contribution in [3.05, 3.63) is 35.4 Å². The van der Waals surface area contributed by atoms with Crippen LogP contribution in [0, 0.1) is 11.3 Å². The van der Waals surface area contributed by atoms with Crippen LogP contribution in [0.4, 0.5) is 0 Å². The van der Waals surface area contributed by atoms with E-state index in [2.05, 4.69) is 11.4 Å². The van der Waals surface area contributed by atoms with E-state index in [1.165, 1.54) is 0 Å². The minimum Gasteiger partial charge on any atom is -0.341 e. The topological polar surface area (TPSA) is 56.1 Å². The molecule has 0 aliphatic rings. The molecule has 96 valence electrons. The fourth-order valence-electron chi connectivity index (χ4n) is 1.71. The Labute approximate surface area is 108 Å². The molecular formula is C14H19N3O. The van der Waals surface area contributed by atoms with Crippen LogP contribution in [-0.4, -0.2) is 31.4 Å². The molecule has 0 atom stereocenters. The van der Waals surface area contributed by atoms with Gasteiger partial charge in [-0.2, -0.15) is 5.26 Å². The average Bonchev–Trinajstić information content (AvgIpc) is 2.39. The van der Waals surface area contributed by atoms with Gasteiger partial charge in [0.05, 0.1) is 11.6 Å². The Kier molecular flexibility index (Phi) is 5.89. The summed E-state index contributed by atoms with van der Waals surface area (Å²) in [7, 11) is 3.67. The number of nitriles is 1. The lowest BCUT2D eigenvalue weighted by molar-refractivity contribution is -0.130. The predicted molar refractivity (Wildman–Crippen MR) is 70.8 cm³/mol. The highest BCUT2D eigenvalue weighted by Crippen LogP contribution is 2.08. The van der Waals surface area contributed by atoms with E-state index in [9.17, 15) is 4.79 Å². The van der Waals surface area contributed by atoms with Crippen LogP contribution in [-0.2, 0) is 11.3 Å². The van der Waals surface area contributed by atoms with Gasteiger partial charge >= 0.3 is 0 Å². The molecule has 0 unspecified atom stereocenters. The second-order valence-corrected chi connectivity index (χ2v) is 4.27. The van der Waals surface area contributed by atoms with E-state index >= 15 is 0 Å². The fraction of sp³-hybridized carbons (Fsp3) is 0.429. The Morgan fingerprint density at radius 2 is 2.28 bits per heavy atom. The lowest BCUT2D eigenvalue weighted by atomic mass is 10.1. The van der Waals surface area contributed by atoms with Gasteiger partial charge in [0, 0.05) is 20.0 Å². The first-order chi connectivity index (χ1) is 8.67. The molecule has 1 aromatic rings. The molecule has 0 saturated heterocycles. The van der Waals surface area contributed by atoms with Crippen molar-refractivity contribution in [3.8, 4) is 6.07 Å². The van der Waals surface area contributed by atoms with Crippen molar-refractivity contribution in [1.82, 2.24) is 10.2 Å². The van der Waals surface area contributed by atoms with E-state index in [-0.39, 0.29) is 5.91 Å². The number of rotatable bonds is 6. The van der Waals surface area contributed by atoms with Crippen LogP contribution in [0.2, 0.25) is 0 Å². The molecule has 0 bridgehead atoms. The van der Waals surface area contributed by atoms with Crippen LogP contribution < -0.4 is 5.32 Å². The van der Waals surface area contributed by atoms with Gasteiger partial charge in [0.15, 0.2) is 0 Å². The van der Waals surface area contributed by atoms with Crippen LogP contribution in [0.25, 0.3) is 0 Å². The van der Waals surface area contributed by atoms with Crippen LogP contribution in [0.5, 0.6) is 0 Å². The van der Waals surface area contributed by atoms with Gasteiger partial charge in [-0.25, -0.2) is 0 Å². The molecule has 0 aliphatic carbocycles. The highest BCUT2D eigenvalue weighted by atomic mass is 16.2. The summed E-state index contributed by atoms with van der Waals surface area (Å²) in [6.07, 6.45) is 1.40. The number of benzene rings is 1. The Morgan fingerprint density at radius 1 is 1.50 bits per heavy atom. The van der Waals surface area contributed by atoms with Gasteiger partial charge in [0.2, 0.25) is 5.91 Å². The first kappa shape index (κ1) is 14.2. The summed E-state index contributed by atoms with van der Waals surface area (Å²) in [6.45, 7) is 1.40. The van der Waals surface area contributed by atoms with Crippen LogP contribution in [0.3, 0.4) is 0 Å². The van der Waals surface area contributed by atoms with Crippen LogP contribution in [0.15, 0.2) is 24.3 Å². The summed E-state index contributed by atoms with van der Waals surface area (Å²) >= 11 is 0. The molecule has 4 nitrogen and oxygen atoms in total. The van der Waals surface area contributed by atoms with E-state index in [0.29, 0.717) is 18.5 Å². The number of nitrogens with one attached hydrogen (secondary N) is 1. The molecule has 4 heteroatoms. The van der Waals surface area contributed by atoms with E-state index in [1.54, 1.807) is 18.0 Å². The summed E-state index contributed by atoms with van der Waals surface area (Å²) in [4.78, 5) is 13.5. The smallest absolute Gasteiger partial charge is 0.222 e. The molecule has 0 radical (unpaired) electrons. The van der Waals surface area contributed by atoms with Crippen molar-refractivity contribution in [2.45, 2.75) is 19.4 Å². The first-order valence-corrected chi connectivity index (χ1v) is 6.05. The lowest BCUT2D eigenvalue weighted by Crippen LogP contribution is -2.26. The van der Waals surface area contributed by atoms with Crippen molar-refractivity contribution < 1.29 is 4.79 Å². The SMILES string of the molecule is CNCCCC(=O)N(C)Cc1cccc(C#N)c1. The predicted octanol–water partition coefficient (Wildman–Crippen LogP) is 1.52. The standard InChI is InChI=1S/C14H19N3O/c1-16-8-4-7-14(18)17(2)11-13-6-3-5-12(9-13)10-15/h3,5-6,9,16H,4,7-8,11H2,1-2H3. The minimum atomic E-state index is 0.132.